The number of benzene rings is 2. The lowest BCUT2D eigenvalue weighted by molar-refractivity contribution is -0.143. The standard InChI is InChI=1S/C25H29N5O6/c1-3-36-23(33)11-12-26-21(31)15-30-16-22(32)29(2)20-10-9-18(13-19(20)24(30)34)28-25(35)27-14-17-7-5-4-6-8-17/h4-10,13H,3,11-12,14-16H2,1-2H3,(H,26,31)(H2,27,28,35). The zero-order chi connectivity index (χ0) is 26.1. The number of hydrogen-bond donors (Lipinski definition) is 3. The van der Waals surface area contributed by atoms with Gasteiger partial charge in [0.05, 0.1) is 24.3 Å². The van der Waals surface area contributed by atoms with Crippen molar-refractivity contribution in [1.82, 2.24) is 15.5 Å². The summed E-state index contributed by atoms with van der Waals surface area (Å²) in [5.41, 5.74) is 1.82. The summed E-state index contributed by atoms with van der Waals surface area (Å²) in [7, 11) is 1.54. The molecule has 0 radical (unpaired) electrons. The molecule has 11 nitrogen and oxygen atoms in total. The van der Waals surface area contributed by atoms with Crippen LogP contribution in [0.1, 0.15) is 29.3 Å². The smallest absolute Gasteiger partial charge is 0.319 e. The molecule has 0 aliphatic carbocycles. The minimum Gasteiger partial charge on any atom is -0.466 e. The van der Waals surface area contributed by atoms with Gasteiger partial charge in [-0.15, -0.1) is 0 Å². The number of ether oxygens (including phenoxy) is 1. The van der Waals surface area contributed by atoms with E-state index in [0.29, 0.717) is 17.9 Å². The van der Waals surface area contributed by atoms with Crippen molar-refractivity contribution < 1.29 is 28.7 Å². The maximum Gasteiger partial charge on any atom is 0.319 e. The van der Waals surface area contributed by atoms with E-state index in [0.717, 1.165) is 10.5 Å². The first-order valence-electron chi connectivity index (χ1n) is 11.5. The lowest BCUT2D eigenvalue weighted by atomic mass is 10.1. The normalized spacial score (nSPS) is 12.9. The number of urea groups is 1. The zero-order valence-corrected chi connectivity index (χ0v) is 20.2. The fourth-order valence-corrected chi connectivity index (χ4v) is 3.57. The highest BCUT2D eigenvalue weighted by Gasteiger charge is 2.31. The van der Waals surface area contributed by atoms with Crippen LogP contribution in [0.2, 0.25) is 0 Å². The summed E-state index contributed by atoms with van der Waals surface area (Å²) < 4.78 is 4.81. The Morgan fingerprint density at radius 1 is 1.03 bits per heavy atom. The number of carbonyl (C=O) groups is 5. The molecule has 0 atom stereocenters. The van der Waals surface area contributed by atoms with Crippen molar-refractivity contribution in [1.29, 1.82) is 0 Å². The maximum absolute atomic E-state index is 13.2. The van der Waals surface area contributed by atoms with E-state index in [1.54, 1.807) is 19.1 Å². The molecule has 190 valence electrons. The number of hydrogen-bond acceptors (Lipinski definition) is 6. The van der Waals surface area contributed by atoms with Crippen molar-refractivity contribution in [3.63, 3.8) is 0 Å². The lowest BCUT2D eigenvalue weighted by Gasteiger charge is -2.19. The SMILES string of the molecule is CCOC(=O)CCNC(=O)CN1CC(=O)N(C)c2ccc(NC(=O)NCc3ccccc3)cc2C1=O. The lowest BCUT2D eigenvalue weighted by Crippen LogP contribution is -2.44. The predicted octanol–water partition coefficient (Wildman–Crippen LogP) is 1.50. The highest BCUT2D eigenvalue weighted by Crippen LogP contribution is 2.27. The van der Waals surface area contributed by atoms with Gasteiger partial charge in [-0.2, -0.15) is 0 Å². The second kappa shape index (κ2) is 12.3. The highest BCUT2D eigenvalue weighted by molar-refractivity contribution is 6.11. The molecule has 0 bridgehead atoms. The number of esters is 1. The molecular weight excluding hydrogens is 466 g/mol. The molecule has 0 fully saturated rings. The van der Waals surface area contributed by atoms with Gasteiger partial charge in [-0.1, -0.05) is 30.3 Å². The molecule has 3 rings (SSSR count). The summed E-state index contributed by atoms with van der Waals surface area (Å²) in [5.74, 6) is -1.86. The second-order valence-electron chi connectivity index (χ2n) is 8.04. The van der Waals surface area contributed by atoms with Gasteiger partial charge < -0.3 is 30.5 Å². The van der Waals surface area contributed by atoms with Crippen LogP contribution in [0.5, 0.6) is 0 Å². The first-order chi connectivity index (χ1) is 17.3. The first-order valence-corrected chi connectivity index (χ1v) is 11.5. The molecule has 0 unspecified atom stereocenters. The number of likely N-dealkylation sites (N-methyl/N-ethyl adjacent to an activating group) is 1. The minimum atomic E-state index is -0.531. The molecule has 1 aliphatic rings. The van der Waals surface area contributed by atoms with Gasteiger partial charge in [0.2, 0.25) is 11.8 Å². The van der Waals surface area contributed by atoms with Crippen LogP contribution in [0, 0.1) is 0 Å². The Hall–Kier alpha value is -4.41. The quantitative estimate of drug-likeness (QED) is 0.451. The summed E-state index contributed by atoms with van der Waals surface area (Å²) >= 11 is 0. The maximum atomic E-state index is 13.2. The van der Waals surface area contributed by atoms with Gasteiger partial charge in [0, 0.05) is 25.8 Å². The summed E-state index contributed by atoms with van der Waals surface area (Å²) in [6.07, 6.45) is -0.000601. The van der Waals surface area contributed by atoms with Crippen molar-refractivity contribution in [3.05, 3.63) is 59.7 Å². The number of carbonyl (C=O) groups excluding carboxylic acids is 5. The number of anilines is 2. The third kappa shape index (κ3) is 7.05. The van der Waals surface area contributed by atoms with Gasteiger partial charge in [-0.25, -0.2) is 4.79 Å². The largest absolute Gasteiger partial charge is 0.466 e. The number of rotatable bonds is 9. The van der Waals surface area contributed by atoms with Crippen LogP contribution in [0.25, 0.3) is 0 Å². The average molecular weight is 496 g/mol. The molecule has 1 aliphatic heterocycles. The van der Waals surface area contributed by atoms with Gasteiger partial charge in [0.1, 0.15) is 13.1 Å². The molecule has 0 aromatic heterocycles. The number of nitrogens with zero attached hydrogens (tertiary/aromatic N) is 2. The summed E-state index contributed by atoms with van der Waals surface area (Å²) in [6.45, 7) is 1.65. The topological polar surface area (TPSA) is 137 Å². The van der Waals surface area contributed by atoms with Gasteiger partial charge in [0.25, 0.3) is 5.91 Å². The highest BCUT2D eigenvalue weighted by atomic mass is 16.5. The summed E-state index contributed by atoms with van der Waals surface area (Å²) in [6, 6.07) is 13.6. The predicted molar refractivity (Wildman–Crippen MR) is 132 cm³/mol. The molecule has 11 heteroatoms. The van der Waals surface area contributed by atoms with Crippen LogP contribution in [0.4, 0.5) is 16.2 Å². The molecule has 2 aromatic carbocycles. The summed E-state index contributed by atoms with van der Waals surface area (Å²) in [4.78, 5) is 64.5. The van der Waals surface area contributed by atoms with Crippen molar-refractivity contribution >= 4 is 41.1 Å². The molecule has 0 saturated heterocycles. The molecule has 3 N–H and O–H groups in total. The Morgan fingerprint density at radius 3 is 2.50 bits per heavy atom. The van der Waals surface area contributed by atoms with E-state index in [1.165, 1.54) is 18.0 Å². The van der Waals surface area contributed by atoms with Crippen LogP contribution in [0.3, 0.4) is 0 Å². The van der Waals surface area contributed by atoms with E-state index in [1.807, 2.05) is 30.3 Å². The van der Waals surface area contributed by atoms with Gasteiger partial charge in [0.15, 0.2) is 0 Å². The fraction of sp³-hybridized carbons (Fsp3) is 0.320. The van der Waals surface area contributed by atoms with Crippen molar-refractivity contribution in [2.24, 2.45) is 0 Å². The monoisotopic (exact) mass is 495 g/mol. The Labute approximate surface area is 208 Å². The molecule has 1 heterocycles. The van der Waals surface area contributed by atoms with Crippen molar-refractivity contribution in [2.75, 3.05) is 43.5 Å². The molecule has 36 heavy (non-hydrogen) atoms. The van der Waals surface area contributed by atoms with Crippen LogP contribution in [0.15, 0.2) is 48.5 Å². The zero-order valence-electron chi connectivity index (χ0n) is 20.2. The fourth-order valence-electron chi connectivity index (χ4n) is 3.57. The molecular formula is C25H29N5O6. The van der Waals surface area contributed by atoms with Crippen LogP contribution >= 0.6 is 0 Å². The Kier molecular flexibility index (Phi) is 8.98. The molecule has 2 aromatic rings. The number of nitrogens with one attached hydrogen (secondary N) is 3. The van der Waals surface area contributed by atoms with Gasteiger partial charge >= 0.3 is 12.0 Å². The van der Waals surface area contributed by atoms with E-state index in [4.69, 9.17) is 4.74 Å². The van der Waals surface area contributed by atoms with Gasteiger partial charge in [-0.05, 0) is 30.7 Å². The van der Waals surface area contributed by atoms with Gasteiger partial charge in [-0.3, -0.25) is 19.2 Å². The number of amides is 5. The van der Waals surface area contributed by atoms with E-state index < -0.39 is 23.8 Å². The minimum absolute atomic E-state index is 0.000601. The van der Waals surface area contributed by atoms with E-state index in [9.17, 15) is 24.0 Å². The Balaban J connectivity index is 1.66. The Bertz CT molecular complexity index is 1140. The van der Waals surface area contributed by atoms with E-state index in [-0.39, 0.29) is 44.1 Å². The Morgan fingerprint density at radius 2 is 1.78 bits per heavy atom. The second-order valence-corrected chi connectivity index (χ2v) is 8.04. The molecule has 0 saturated carbocycles. The third-order valence-corrected chi connectivity index (χ3v) is 5.42. The van der Waals surface area contributed by atoms with Crippen LogP contribution in [-0.2, 0) is 25.7 Å². The van der Waals surface area contributed by atoms with E-state index in [2.05, 4.69) is 16.0 Å². The van der Waals surface area contributed by atoms with Crippen LogP contribution in [-0.4, -0.2) is 67.9 Å². The van der Waals surface area contributed by atoms with Crippen molar-refractivity contribution in [3.8, 4) is 0 Å². The average Bonchev–Trinajstić information content (AvgIpc) is 2.94. The number of fused-ring (bicyclic) bond motifs is 1. The third-order valence-electron chi connectivity index (χ3n) is 5.42. The van der Waals surface area contributed by atoms with Crippen LogP contribution < -0.4 is 20.9 Å². The molecule has 5 amide bonds. The molecule has 0 spiro atoms. The first kappa shape index (κ1) is 26.2. The van der Waals surface area contributed by atoms with E-state index >= 15 is 0 Å². The summed E-state index contributed by atoms with van der Waals surface area (Å²) in [5, 5.41) is 7.98. The van der Waals surface area contributed by atoms with Crippen molar-refractivity contribution in [2.45, 2.75) is 19.9 Å².